The molecule has 0 fully saturated rings. The molecule has 1 aliphatic rings. The Labute approximate surface area is 146 Å². The van der Waals surface area contributed by atoms with Gasteiger partial charge in [0.1, 0.15) is 5.15 Å². The van der Waals surface area contributed by atoms with Crippen LogP contribution in [-0.4, -0.2) is 34.1 Å². The highest BCUT2D eigenvalue weighted by molar-refractivity contribution is 6.30. The summed E-state index contributed by atoms with van der Waals surface area (Å²) < 4.78 is 5.29. The molecule has 2 aromatic rings. The van der Waals surface area contributed by atoms with E-state index >= 15 is 0 Å². The Morgan fingerprint density at radius 3 is 2.83 bits per heavy atom. The van der Waals surface area contributed by atoms with Gasteiger partial charge in [-0.15, -0.1) is 0 Å². The fourth-order valence-corrected chi connectivity index (χ4v) is 2.94. The van der Waals surface area contributed by atoms with E-state index in [9.17, 15) is 4.79 Å². The van der Waals surface area contributed by atoms with E-state index in [4.69, 9.17) is 16.3 Å². The van der Waals surface area contributed by atoms with Gasteiger partial charge in [-0.3, -0.25) is 0 Å². The monoisotopic (exact) mass is 345 g/mol. The van der Waals surface area contributed by atoms with Crippen LogP contribution in [0.1, 0.15) is 31.0 Å². The zero-order valence-corrected chi connectivity index (χ0v) is 14.4. The molecule has 3 rings (SSSR count). The molecule has 0 saturated carbocycles. The van der Waals surface area contributed by atoms with Gasteiger partial charge < -0.3 is 9.64 Å². The number of ether oxygens (including phenoxy) is 1. The fraction of sp³-hybridized carbons (Fsp3) is 0.389. The number of benzene rings is 1. The van der Waals surface area contributed by atoms with Crippen LogP contribution in [0.15, 0.2) is 30.3 Å². The molecular formula is C18H20ClN3O2. The Bertz CT molecular complexity index is 722. The summed E-state index contributed by atoms with van der Waals surface area (Å²) in [5.41, 5.74) is 2.63. The number of rotatable bonds is 4. The van der Waals surface area contributed by atoms with E-state index in [-0.39, 0.29) is 6.09 Å². The second kappa shape index (κ2) is 7.62. The van der Waals surface area contributed by atoms with Crippen molar-refractivity contribution >= 4 is 17.7 Å². The van der Waals surface area contributed by atoms with E-state index in [1.807, 2.05) is 30.3 Å². The minimum Gasteiger partial charge on any atom is -0.449 e. The first kappa shape index (κ1) is 16.7. The van der Waals surface area contributed by atoms with Crippen LogP contribution in [0.3, 0.4) is 0 Å². The van der Waals surface area contributed by atoms with Gasteiger partial charge in [0.05, 0.1) is 18.8 Å². The van der Waals surface area contributed by atoms with Crippen LogP contribution in [0.4, 0.5) is 4.79 Å². The highest BCUT2D eigenvalue weighted by atomic mass is 35.5. The molecule has 0 radical (unpaired) electrons. The third-order valence-corrected chi connectivity index (χ3v) is 4.34. The van der Waals surface area contributed by atoms with Crippen molar-refractivity contribution in [1.29, 1.82) is 0 Å². The third-order valence-electron chi connectivity index (χ3n) is 4.03. The minimum atomic E-state index is -0.287. The van der Waals surface area contributed by atoms with Gasteiger partial charge in [-0.2, -0.15) is 0 Å². The highest BCUT2D eigenvalue weighted by Crippen LogP contribution is 2.27. The number of amides is 1. The molecule has 0 bridgehead atoms. The van der Waals surface area contributed by atoms with Crippen molar-refractivity contribution in [2.45, 2.75) is 32.7 Å². The quantitative estimate of drug-likeness (QED) is 0.618. The summed E-state index contributed by atoms with van der Waals surface area (Å²) in [6, 6.07) is 9.69. The lowest BCUT2D eigenvalue weighted by atomic mass is 10.1. The lowest BCUT2D eigenvalue weighted by molar-refractivity contribution is 0.0960. The normalized spacial score (nSPS) is 13.5. The van der Waals surface area contributed by atoms with Gasteiger partial charge >= 0.3 is 6.09 Å². The first-order chi connectivity index (χ1) is 11.7. The van der Waals surface area contributed by atoms with Crippen LogP contribution < -0.4 is 0 Å². The Balaban J connectivity index is 1.80. The van der Waals surface area contributed by atoms with E-state index in [1.165, 1.54) is 0 Å². The summed E-state index contributed by atoms with van der Waals surface area (Å²) in [4.78, 5) is 22.9. The zero-order valence-electron chi connectivity index (χ0n) is 13.7. The van der Waals surface area contributed by atoms with Gasteiger partial charge in [-0.1, -0.05) is 55.3 Å². The summed E-state index contributed by atoms with van der Waals surface area (Å²) in [6.45, 7) is 3.50. The molecule has 1 amide bonds. The fourth-order valence-electron chi connectivity index (χ4n) is 2.65. The number of carbonyl (C=O) groups excluding carboxylic acids is 1. The van der Waals surface area contributed by atoms with Crippen molar-refractivity contribution < 1.29 is 9.53 Å². The summed E-state index contributed by atoms with van der Waals surface area (Å²) in [5, 5.41) is 0.470. The smallest absolute Gasteiger partial charge is 0.410 e. The highest BCUT2D eigenvalue weighted by Gasteiger charge is 2.25. The van der Waals surface area contributed by atoms with Crippen molar-refractivity contribution in [1.82, 2.24) is 14.9 Å². The summed E-state index contributed by atoms with van der Waals surface area (Å²) in [6.07, 6.45) is 2.23. The predicted octanol–water partition coefficient (Wildman–Crippen LogP) is 4.09. The molecule has 0 aliphatic carbocycles. The van der Waals surface area contributed by atoms with Crippen molar-refractivity contribution in [3.05, 3.63) is 46.7 Å². The topological polar surface area (TPSA) is 55.3 Å². The maximum atomic E-state index is 12.1. The van der Waals surface area contributed by atoms with E-state index < -0.39 is 0 Å². The molecule has 0 saturated heterocycles. The van der Waals surface area contributed by atoms with Crippen LogP contribution in [0.25, 0.3) is 11.4 Å². The third kappa shape index (κ3) is 3.67. The minimum absolute atomic E-state index is 0.287. The molecule has 0 atom stereocenters. The Morgan fingerprint density at radius 1 is 1.29 bits per heavy atom. The van der Waals surface area contributed by atoms with Gasteiger partial charge in [-0.25, -0.2) is 14.8 Å². The van der Waals surface area contributed by atoms with Gasteiger partial charge in [0.2, 0.25) is 0 Å². The molecule has 0 N–H and O–H groups in total. The standard InChI is InChI=1S/C18H20ClN3O2/c1-2-3-11-24-18(23)22-10-9-14-15(12-22)20-17(21-16(14)19)13-7-5-4-6-8-13/h4-8H,2-3,9-12H2,1H3. The SMILES string of the molecule is CCCCOC(=O)N1CCc2c(Cl)nc(-c3ccccc3)nc2C1. The molecule has 1 aromatic heterocycles. The van der Waals surface area contributed by atoms with Gasteiger partial charge in [-0.05, 0) is 12.8 Å². The van der Waals surface area contributed by atoms with Crippen LogP contribution >= 0.6 is 11.6 Å². The van der Waals surface area contributed by atoms with E-state index in [2.05, 4.69) is 16.9 Å². The zero-order chi connectivity index (χ0) is 16.9. The van der Waals surface area contributed by atoms with Crippen molar-refractivity contribution in [3.8, 4) is 11.4 Å². The Hall–Kier alpha value is -2.14. The van der Waals surface area contributed by atoms with Crippen molar-refractivity contribution in [2.75, 3.05) is 13.2 Å². The van der Waals surface area contributed by atoms with Crippen LogP contribution in [0, 0.1) is 0 Å². The van der Waals surface area contributed by atoms with Crippen molar-refractivity contribution in [3.63, 3.8) is 0 Å². The number of hydrogen-bond acceptors (Lipinski definition) is 4. The predicted molar refractivity (Wildman–Crippen MR) is 92.8 cm³/mol. The lowest BCUT2D eigenvalue weighted by Gasteiger charge is -2.28. The number of hydrogen-bond donors (Lipinski definition) is 0. The molecule has 6 heteroatoms. The molecule has 0 unspecified atom stereocenters. The number of carbonyl (C=O) groups is 1. The summed E-state index contributed by atoms with van der Waals surface area (Å²) in [7, 11) is 0. The Kier molecular flexibility index (Phi) is 5.30. The lowest BCUT2D eigenvalue weighted by Crippen LogP contribution is -2.37. The summed E-state index contributed by atoms with van der Waals surface area (Å²) >= 11 is 6.34. The van der Waals surface area contributed by atoms with Gasteiger partial charge in [0, 0.05) is 17.7 Å². The second-order valence-corrected chi connectivity index (χ2v) is 6.13. The first-order valence-corrected chi connectivity index (χ1v) is 8.59. The molecular weight excluding hydrogens is 326 g/mol. The van der Waals surface area contributed by atoms with E-state index in [0.29, 0.717) is 37.1 Å². The van der Waals surface area contributed by atoms with E-state index in [0.717, 1.165) is 29.7 Å². The maximum absolute atomic E-state index is 12.1. The average molecular weight is 346 g/mol. The van der Waals surface area contributed by atoms with Crippen LogP contribution in [0.2, 0.25) is 5.15 Å². The molecule has 1 aliphatic heterocycles. The average Bonchev–Trinajstić information content (AvgIpc) is 2.62. The van der Waals surface area contributed by atoms with Crippen LogP contribution in [-0.2, 0) is 17.7 Å². The molecule has 0 spiro atoms. The van der Waals surface area contributed by atoms with Crippen molar-refractivity contribution in [2.24, 2.45) is 0 Å². The molecule has 24 heavy (non-hydrogen) atoms. The maximum Gasteiger partial charge on any atom is 0.410 e. The largest absolute Gasteiger partial charge is 0.449 e. The number of nitrogens with zero attached hydrogens (tertiary/aromatic N) is 3. The van der Waals surface area contributed by atoms with Gasteiger partial charge in [0.25, 0.3) is 0 Å². The number of fused-ring (bicyclic) bond motifs is 1. The molecule has 1 aromatic carbocycles. The number of halogens is 1. The van der Waals surface area contributed by atoms with E-state index in [1.54, 1.807) is 4.90 Å². The van der Waals surface area contributed by atoms with Crippen LogP contribution in [0.5, 0.6) is 0 Å². The summed E-state index contributed by atoms with van der Waals surface area (Å²) in [5.74, 6) is 0.584. The molecule has 2 heterocycles. The van der Waals surface area contributed by atoms with Gasteiger partial charge in [0.15, 0.2) is 5.82 Å². The Morgan fingerprint density at radius 2 is 2.08 bits per heavy atom. The number of aromatic nitrogens is 2. The molecule has 5 nitrogen and oxygen atoms in total. The molecule has 126 valence electrons. The number of unbranched alkanes of at least 4 members (excludes halogenated alkanes) is 1. The first-order valence-electron chi connectivity index (χ1n) is 8.21. The second-order valence-electron chi connectivity index (χ2n) is 5.77.